The van der Waals surface area contributed by atoms with Gasteiger partial charge in [0.2, 0.25) is 0 Å². The largest absolute Gasteiger partial charge is 0.379 e. The minimum Gasteiger partial charge on any atom is -0.379 e. The van der Waals surface area contributed by atoms with E-state index < -0.39 is 0 Å². The number of rotatable bonds is 6. The summed E-state index contributed by atoms with van der Waals surface area (Å²) in [5.41, 5.74) is 1.07. The molecule has 0 aliphatic heterocycles. The maximum Gasteiger partial charge on any atom is 0.123 e. The van der Waals surface area contributed by atoms with Crippen molar-refractivity contribution in [3.8, 4) is 0 Å². The minimum atomic E-state index is -0.206. The van der Waals surface area contributed by atoms with Gasteiger partial charge < -0.3 is 10.1 Å². The molecule has 0 saturated heterocycles. The smallest absolute Gasteiger partial charge is 0.123 e. The van der Waals surface area contributed by atoms with Crippen LogP contribution in [0.25, 0.3) is 0 Å². The number of halogens is 1. The van der Waals surface area contributed by atoms with Crippen LogP contribution in [0.4, 0.5) is 4.39 Å². The fourth-order valence-corrected chi connectivity index (χ4v) is 2.36. The molecule has 0 saturated carbocycles. The molecule has 0 aliphatic rings. The van der Waals surface area contributed by atoms with Crippen LogP contribution in [0.5, 0.6) is 0 Å². The Morgan fingerprint density at radius 1 is 1.21 bits per heavy atom. The molecule has 2 unspecified atom stereocenters. The minimum absolute atomic E-state index is 0.00848. The highest BCUT2D eigenvalue weighted by Gasteiger charge is 2.33. The van der Waals surface area contributed by atoms with E-state index in [1.165, 1.54) is 12.1 Å². The van der Waals surface area contributed by atoms with Crippen LogP contribution in [-0.4, -0.2) is 19.8 Å². The lowest BCUT2D eigenvalue weighted by molar-refractivity contribution is -0.0119. The molecule has 3 heteroatoms. The quantitative estimate of drug-likeness (QED) is 0.843. The summed E-state index contributed by atoms with van der Waals surface area (Å²) in [6.07, 6.45) is 1.09. The molecule has 1 aromatic carbocycles. The van der Waals surface area contributed by atoms with Gasteiger partial charge in [-0.1, -0.05) is 39.8 Å². The SMILES string of the molecule is CCCNC(c1ccc(F)cc1)C(OC)C(C)(C)C. The topological polar surface area (TPSA) is 21.3 Å². The molecule has 0 amide bonds. The molecule has 1 aromatic rings. The number of nitrogens with one attached hydrogen (secondary N) is 1. The third-order valence-electron chi connectivity index (χ3n) is 3.25. The van der Waals surface area contributed by atoms with Crippen molar-refractivity contribution in [1.29, 1.82) is 0 Å². The molecular formula is C16H26FNO. The zero-order chi connectivity index (χ0) is 14.5. The summed E-state index contributed by atoms with van der Waals surface area (Å²) < 4.78 is 18.8. The Balaban J connectivity index is 3.02. The van der Waals surface area contributed by atoms with Crippen LogP contribution in [0.2, 0.25) is 0 Å². The van der Waals surface area contributed by atoms with Gasteiger partial charge in [-0.05, 0) is 36.1 Å². The van der Waals surface area contributed by atoms with E-state index in [9.17, 15) is 4.39 Å². The number of hydrogen-bond donors (Lipinski definition) is 1. The Morgan fingerprint density at radius 2 is 1.79 bits per heavy atom. The van der Waals surface area contributed by atoms with Gasteiger partial charge in [-0.3, -0.25) is 0 Å². The van der Waals surface area contributed by atoms with Crippen LogP contribution < -0.4 is 5.32 Å². The molecule has 0 bridgehead atoms. The fourth-order valence-electron chi connectivity index (χ4n) is 2.36. The molecule has 19 heavy (non-hydrogen) atoms. The molecule has 0 spiro atoms. The van der Waals surface area contributed by atoms with Crippen LogP contribution in [0.15, 0.2) is 24.3 Å². The van der Waals surface area contributed by atoms with Gasteiger partial charge in [0.05, 0.1) is 12.1 Å². The highest BCUT2D eigenvalue weighted by Crippen LogP contribution is 2.32. The molecule has 0 aliphatic carbocycles. The Labute approximate surface area is 116 Å². The van der Waals surface area contributed by atoms with Crippen molar-refractivity contribution in [3.63, 3.8) is 0 Å². The van der Waals surface area contributed by atoms with E-state index in [4.69, 9.17) is 4.74 Å². The van der Waals surface area contributed by atoms with Crippen LogP contribution in [-0.2, 0) is 4.74 Å². The lowest BCUT2D eigenvalue weighted by Crippen LogP contribution is -2.41. The predicted molar refractivity (Wildman–Crippen MR) is 77.7 cm³/mol. The van der Waals surface area contributed by atoms with Crippen LogP contribution in [0.1, 0.15) is 45.7 Å². The molecule has 0 heterocycles. The summed E-state index contributed by atoms with van der Waals surface area (Å²) in [7, 11) is 1.74. The van der Waals surface area contributed by atoms with E-state index in [1.54, 1.807) is 7.11 Å². The Hall–Kier alpha value is -0.930. The second-order valence-electron chi connectivity index (χ2n) is 6.01. The van der Waals surface area contributed by atoms with Crippen molar-refractivity contribution in [3.05, 3.63) is 35.6 Å². The summed E-state index contributed by atoms with van der Waals surface area (Å²) in [6.45, 7) is 9.52. The lowest BCUT2D eigenvalue weighted by Gasteiger charge is -2.36. The van der Waals surface area contributed by atoms with Crippen LogP contribution in [0.3, 0.4) is 0 Å². The predicted octanol–water partition coefficient (Wildman–Crippen LogP) is 3.93. The van der Waals surface area contributed by atoms with Crippen molar-refractivity contribution >= 4 is 0 Å². The van der Waals surface area contributed by atoms with E-state index in [-0.39, 0.29) is 23.4 Å². The zero-order valence-corrected chi connectivity index (χ0v) is 12.7. The molecule has 2 atom stereocenters. The molecule has 1 rings (SSSR count). The third-order valence-corrected chi connectivity index (χ3v) is 3.25. The average Bonchev–Trinajstić information content (AvgIpc) is 2.34. The van der Waals surface area contributed by atoms with Gasteiger partial charge in [0.15, 0.2) is 0 Å². The highest BCUT2D eigenvalue weighted by atomic mass is 19.1. The van der Waals surface area contributed by atoms with Crippen molar-refractivity contribution in [2.24, 2.45) is 5.41 Å². The molecule has 108 valence electrons. The Bertz CT molecular complexity index is 369. The maximum atomic E-state index is 13.1. The van der Waals surface area contributed by atoms with Gasteiger partial charge >= 0.3 is 0 Å². The third kappa shape index (κ3) is 4.59. The van der Waals surface area contributed by atoms with Crippen LogP contribution in [0, 0.1) is 11.2 Å². The molecule has 0 aromatic heterocycles. The van der Waals surface area contributed by atoms with E-state index in [1.807, 2.05) is 12.1 Å². The molecular weight excluding hydrogens is 241 g/mol. The first-order valence-corrected chi connectivity index (χ1v) is 6.91. The van der Waals surface area contributed by atoms with Gasteiger partial charge in [-0.15, -0.1) is 0 Å². The molecule has 1 N–H and O–H groups in total. The molecule has 2 nitrogen and oxygen atoms in total. The standard InChI is InChI=1S/C16H26FNO/c1-6-11-18-14(15(19-5)16(2,3)4)12-7-9-13(17)10-8-12/h7-10,14-15,18H,6,11H2,1-5H3. The second kappa shape index (κ2) is 7.01. The Kier molecular flexibility index (Phi) is 5.95. The van der Waals surface area contributed by atoms with E-state index in [0.29, 0.717) is 0 Å². The van der Waals surface area contributed by atoms with Gasteiger partial charge in [0, 0.05) is 7.11 Å². The van der Waals surface area contributed by atoms with E-state index in [0.717, 1.165) is 18.5 Å². The monoisotopic (exact) mass is 267 g/mol. The summed E-state index contributed by atoms with van der Waals surface area (Å²) in [6, 6.07) is 6.75. The lowest BCUT2D eigenvalue weighted by atomic mass is 9.82. The van der Waals surface area contributed by atoms with E-state index in [2.05, 4.69) is 33.0 Å². The first-order chi connectivity index (χ1) is 8.90. The summed E-state index contributed by atoms with van der Waals surface area (Å²) in [5.74, 6) is -0.206. The van der Waals surface area contributed by atoms with Gasteiger partial charge in [-0.2, -0.15) is 0 Å². The second-order valence-corrected chi connectivity index (χ2v) is 6.01. The molecule has 0 radical (unpaired) electrons. The number of benzene rings is 1. The number of methoxy groups -OCH3 is 1. The van der Waals surface area contributed by atoms with E-state index >= 15 is 0 Å². The van der Waals surface area contributed by atoms with Crippen molar-refractivity contribution in [1.82, 2.24) is 5.32 Å². The van der Waals surface area contributed by atoms with Gasteiger partial charge in [0.25, 0.3) is 0 Å². The number of hydrogen-bond acceptors (Lipinski definition) is 2. The van der Waals surface area contributed by atoms with Gasteiger partial charge in [-0.25, -0.2) is 4.39 Å². The normalized spacial score (nSPS) is 15.3. The van der Waals surface area contributed by atoms with Crippen molar-refractivity contribution in [2.45, 2.75) is 46.3 Å². The summed E-state index contributed by atoms with van der Waals surface area (Å²) >= 11 is 0. The zero-order valence-electron chi connectivity index (χ0n) is 12.7. The highest BCUT2D eigenvalue weighted by molar-refractivity contribution is 5.22. The average molecular weight is 267 g/mol. The maximum absolute atomic E-state index is 13.1. The summed E-state index contributed by atoms with van der Waals surface area (Å²) in [5, 5.41) is 3.52. The van der Waals surface area contributed by atoms with Gasteiger partial charge in [0.1, 0.15) is 5.82 Å². The molecule has 0 fully saturated rings. The summed E-state index contributed by atoms with van der Waals surface area (Å²) in [4.78, 5) is 0. The first-order valence-electron chi connectivity index (χ1n) is 6.91. The van der Waals surface area contributed by atoms with Crippen LogP contribution >= 0.6 is 0 Å². The first kappa shape index (κ1) is 16.1. The van der Waals surface area contributed by atoms with Crippen molar-refractivity contribution < 1.29 is 9.13 Å². The number of ether oxygens (including phenoxy) is 1. The fraction of sp³-hybridized carbons (Fsp3) is 0.625. The van der Waals surface area contributed by atoms with Crippen molar-refractivity contribution in [2.75, 3.05) is 13.7 Å². The Morgan fingerprint density at radius 3 is 2.21 bits per heavy atom.